The van der Waals surface area contributed by atoms with Gasteiger partial charge in [-0.25, -0.2) is 0 Å². The molecular formula is C13H15ClO4. The summed E-state index contributed by atoms with van der Waals surface area (Å²) in [5, 5.41) is 0.446. The minimum atomic E-state index is -0.0486. The summed E-state index contributed by atoms with van der Waals surface area (Å²) < 4.78 is 16.4. The molecule has 0 N–H and O–H groups in total. The SMILES string of the molecule is COc1cc(Cl)cc(C=O)c1OC1CCCOC1. The van der Waals surface area contributed by atoms with Gasteiger partial charge in [0.1, 0.15) is 6.10 Å². The van der Waals surface area contributed by atoms with Gasteiger partial charge in [-0.05, 0) is 18.9 Å². The van der Waals surface area contributed by atoms with Crippen LogP contribution < -0.4 is 9.47 Å². The predicted molar refractivity (Wildman–Crippen MR) is 67.9 cm³/mol. The zero-order valence-corrected chi connectivity index (χ0v) is 10.9. The number of carbonyl (C=O) groups is 1. The van der Waals surface area contributed by atoms with Crippen molar-refractivity contribution in [3.63, 3.8) is 0 Å². The first-order valence-electron chi connectivity index (χ1n) is 5.81. The van der Waals surface area contributed by atoms with E-state index in [0.717, 1.165) is 19.4 Å². The number of benzene rings is 1. The Balaban J connectivity index is 2.26. The molecule has 1 aliphatic heterocycles. The Hall–Kier alpha value is -1.26. The first-order valence-corrected chi connectivity index (χ1v) is 6.19. The molecular weight excluding hydrogens is 256 g/mol. The number of hydrogen-bond donors (Lipinski definition) is 0. The van der Waals surface area contributed by atoms with E-state index in [1.54, 1.807) is 12.1 Å². The number of ether oxygens (including phenoxy) is 3. The highest BCUT2D eigenvalue weighted by molar-refractivity contribution is 6.31. The molecule has 2 rings (SSSR count). The average molecular weight is 271 g/mol. The van der Waals surface area contributed by atoms with Crippen molar-refractivity contribution in [1.29, 1.82) is 0 Å². The van der Waals surface area contributed by atoms with Crippen LogP contribution in [0.25, 0.3) is 0 Å². The first kappa shape index (κ1) is 13.2. The Bertz CT molecular complexity index is 427. The molecule has 0 radical (unpaired) electrons. The molecule has 1 atom stereocenters. The Morgan fingerprint density at radius 2 is 2.33 bits per heavy atom. The van der Waals surface area contributed by atoms with E-state index in [1.165, 1.54) is 7.11 Å². The summed E-state index contributed by atoms with van der Waals surface area (Å²) in [7, 11) is 1.52. The fraction of sp³-hybridized carbons (Fsp3) is 0.462. The Morgan fingerprint density at radius 1 is 1.50 bits per heavy atom. The largest absolute Gasteiger partial charge is 0.493 e. The van der Waals surface area contributed by atoms with E-state index in [4.69, 9.17) is 25.8 Å². The van der Waals surface area contributed by atoms with E-state index in [9.17, 15) is 4.79 Å². The highest BCUT2D eigenvalue weighted by atomic mass is 35.5. The summed E-state index contributed by atoms with van der Waals surface area (Å²) in [5.41, 5.74) is 0.393. The van der Waals surface area contributed by atoms with Gasteiger partial charge < -0.3 is 14.2 Å². The van der Waals surface area contributed by atoms with Gasteiger partial charge in [-0.3, -0.25) is 4.79 Å². The maximum Gasteiger partial charge on any atom is 0.172 e. The van der Waals surface area contributed by atoms with E-state index >= 15 is 0 Å². The molecule has 1 saturated heterocycles. The van der Waals surface area contributed by atoms with Crippen molar-refractivity contribution < 1.29 is 19.0 Å². The lowest BCUT2D eigenvalue weighted by molar-refractivity contribution is 0.00620. The lowest BCUT2D eigenvalue weighted by atomic mass is 10.1. The minimum Gasteiger partial charge on any atom is -0.493 e. The molecule has 1 aliphatic rings. The van der Waals surface area contributed by atoms with E-state index in [1.807, 2.05) is 0 Å². The number of hydrogen-bond acceptors (Lipinski definition) is 4. The Kier molecular flexibility index (Phi) is 4.44. The summed E-state index contributed by atoms with van der Waals surface area (Å²) >= 11 is 5.90. The van der Waals surface area contributed by atoms with Gasteiger partial charge in [0.05, 0.1) is 19.3 Å². The Morgan fingerprint density at radius 3 is 2.94 bits per heavy atom. The minimum absolute atomic E-state index is 0.0486. The van der Waals surface area contributed by atoms with Crippen LogP contribution in [0.5, 0.6) is 11.5 Å². The molecule has 1 aromatic rings. The molecule has 0 spiro atoms. The molecule has 0 bridgehead atoms. The van der Waals surface area contributed by atoms with Crippen LogP contribution in [0.15, 0.2) is 12.1 Å². The molecule has 1 unspecified atom stereocenters. The molecule has 18 heavy (non-hydrogen) atoms. The summed E-state index contributed by atoms with van der Waals surface area (Å²) in [6.07, 6.45) is 2.53. The molecule has 0 aromatic heterocycles. The fourth-order valence-corrected chi connectivity index (χ4v) is 2.14. The van der Waals surface area contributed by atoms with Crippen LogP contribution in [0.2, 0.25) is 5.02 Å². The smallest absolute Gasteiger partial charge is 0.172 e. The summed E-state index contributed by atoms with van der Waals surface area (Å²) in [6.45, 7) is 1.29. The topological polar surface area (TPSA) is 44.8 Å². The highest BCUT2D eigenvalue weighted by Crippen LogP contribution is 2.35. The zero-order chi connectivity index (χ0) is 13.0. The third kappa shape index (κ3) is 2.94. The van der Waals surface area contributed by atoms with Gasteiger partial charge in [0.2, 0.25) is 0 Å². The van der Waals surface area contributed by atoms with E-state index in [-0.39, 0.29) is 6.10 Å². The van der Waals surface area contributed by atoms with Crippen molar-refractivity contribution >= 4 is 17.9 Å². The molecule has 1 fully saturated rings. The maximum atomic E-state index is 11.1. The second kappa shape index (κ2) is 6.07. The standard InChI is InChI=1S/C13H15ClO4/c1-16-12-6-10(14)5-9(7-15)13(12)18-11-3-2-4-17-8-11/h5-7,11H,2-4,8H2,1H3. The molecule has 0 amide bonds. The predicted octanol–water partition coefficient (Wildman–Crippen LogP) is 2.72. The number of carbonyl (C=O) groups excluding carboxylic acids is 1. The number of methoxy groups -OCH3 is 1. The van der Waals surface area contributed by atoms with Crippen LogP contribution in [0.1, 0.15) is 23.2 Å². The molecule has 0 aliphatic carbocycles. The molecule has 98 valence electrons. The maximum absolute atomic E-state index is 11.1. The normalized spacial score (nSPS) is 19.3. The highest BCUT2D eigenvalue weighted by Gasteiger charge is 2.20. The second-order valence-electron chi connectivity index (χ2n) is 4.10. The number of rotatable bonds is 4. The van der Waals surface area contributed by atoms with Crippen LogP contribution in [0.4, 0.5) is 0 Å². The van der Waals surface area contributed by atoms with E-state index in [2.05, 4.69) is 0 Å². The van der Waals surface area contributed by atoms with Crippen LogP contribution in [-0.2, 0) is 4.74 Å². The van der Waals surface area contributed by atoms with Crippen molar-refractivity contribution in [2.75, 3.05) is 20.3 Å². The van der Waals surface area contributed by atoms with Crippen molar-refractivity contribution in [3.05, 3.63) is 22.7 Å². The van der Waals surface area contributed by atoms with Gasteiger partial charge in [-0.2, -0.15) is 0 Å². The van der Waals surface area contributed by atoms with Gasteiger partial charge in [0, 0.05) is 17.7 Å². The Labute approximate surface area is 111 Å². The molecule has 5 heteroatoms. The van der Waals surface area contributed by atoms with Gasteiger partial charge >= 0.3 is 0 Å². The van der Waals surface area contributed by atoms with Crippen LogP contribution in [-0.4, -0.2) is 32.7 Å². The van der Waals surface area contributed by atoms with Crippen molar-refractivity contribution in [1.82, 2.24) is 0 Å². The third-order valence-electron chi connectivity index (χ3n) is 2.80. The molecule has 1 heterocycles. The summed E-state index contributed by atoms with van der Waals surface area (Å²) in [4.78, 5) is 11.1. The van der Waals surface area contributed by atoms with E-state index < -0.39 is 0 Å². The van der Waals surface area contributed by atoms with Gasteiger partial charge in [0.15, 0.2) is 17.8 Å². The molecule has 4 nitrogen and oxygen atoms in total. The second-order valence-corrected chi connectivity index (χ2v) is 4.54. The van der Waals surface area contributed by atoms with Crippen LogP contribution in [0.3, 0.4) is 0 Å². The van der Waals surface area contributed by atoms with Crippen molar-refractivity contribution in [3.8, 4) is 11.5 Å². The monoisotopic (exact) mass is 270 g/mol. The number of aldehydes is 1. The lowest BCUT2D eigenvalue weighted by Crippen LogP contribution is -2.28. The van der Waals surface area contributed by atoms with Gasteiger partial charge in [0.25, 0.3) is 0 Å². The first-order chi connectivity index (χ1) is 8.74. The van der Waals surface area contributed by atoms with Crippen molar-refractivity contribution in [2.24, 2.45) is 0 Å². The lowest BCUT2D eigenvalue weighted by Gasteiger charge is -2.25. The van der Waals surface area contributed by atoms with Crippen LogP contribution in [0, 0.1) is 0 Å². The van der Waals surface area contributed by atoms with E-state index in [0.29, 0.717) is 35.0 Å². The fourth-order valence-electron chi connectivity index (χ4n) is 1.92. The quantitative estimate of drug-likeness (QED) is 0.789. The average Bonchev–Trinajstić information content (AvgIpc) is 2.41. The summed E-state index contributed by atoms with van der Waals surface area (Å²) in [5.74, 6) is 0.905. The van der Waals surface area contributed by atoms with Crippen molar-refractivity contribution in [2.45, 2.75) is 18.9 Å². The van der Waals surface area contributed by atoms with Gasteiger partial charge in [-0.15, -0.1) is 0 Å². The van der Waals surface area contributed by atoms with Gasteiger partial charge in [-0.1, -0.05) is 11.6 Å². The van der Waals surface area contributed by atoms with Crippen LogP contribution >= 0.6 is 11.6 Å². The zero-order valence-electron chi connectivity index (χ0n) is 10.1. The molecule has 0 saturated carbocycles. The summed E-state index contributed by atoms with van der Waals surface area (Å²) in [6, 6.07) is 3.20. The molecule has 1 aromatic carbocycles. The number of halogens is 1. The third-order valence-corrected chi connectivity index (χ3v) is 3.02.